The van der Waals surface area contributed by atoms with Crippen molar-refractivity contribution < 1.29 is 23.5 Å². The Hall–Kier alpha value is -3.86. The van der Waals surface area contributed by atoms with Crippen molar-refractivity contribution in [2.24, 2.45) is 0 Å². The average molecular weight is 400 g/mol. The summed E-state index contributed by atoms with van der Waals surface area (Å²) in [7, 11) is 0. The van der Waals surface area contributed by atoms with E-state index in [1.165, 1.54) is 0 Å². The fraction of sp³-hybridized carbons (Fsp3) is 0.120. The van der Waals surface area contributed by atoms with Crippen molar-refractivity contribution in [3.63, 3.8) is 0 Å². The van der Waals surface area contributed by atoms with E-state index in [0.717, 1.165) is 5.56 Å². The number of hydrogen-bond donors (Lipinski definition) is 0. The maximum absolute atomic E-state index is 12.7. The summed E-state index contributed by atoms with van der Waals surface area (Å²) < 4.78 is 16.9. The van der Waals surface area contributed by atoms with Gasteiger partial charge in [0.05, 0.1) is 6.61 Å². The summed E-state index contributed by atoms with van der Waals surface area (Å²) in [5, 5.41) is 0.581. The summed E-state index contributed by atoms with van der Waals surface area (Å²) in [6.07, 6.45) is 0. The number of esters is 1. The van der Waals surface area contributed by atoms with E-state index in [1.807, 2.05) is 48.5 Å². The Labute approximate surface area is 173 Å². The Morgan fingerprint density at radius 3 is 2.30 bits per heavy atom. The largest absolute Gasteiger partial charge is 0.485 e. The highest BCUT2D eigenvalue weighted by Crippen LogP contribution is 2.36. The second-order valence-electron chi connectivity index (χ2n) is 6.63. The smallest absolute Gasteiger partial charge is 0.342 e. The predicted molar refractivity (Wildman–Crippen MR) is 114 cm³/mol. The predicted octanol–water partition coefficient (Wildman–Crippen LogP) is 5.54. The van der Waals surface area contributed by atoms with Crippen molar-refractivity contribution in [1.29, 1.82) is 0 Å². The summed E-state index contributed by atoms with van der Waals surface area (Å²) >= 11 is 0. The lowest BCUT2D eigenvalue weighted by molar-refractivity contribution is 0.0528. The highest BCUT2D eigenvalue weighted by molar-refractivity contribution is 6.09. The second kappa shape index (κ2) is 8.66. The minimum atomic E-state index is -0.465. The lowest BCUT2D eigenvalue weighted by Gasteiger charge is -2.06. The zero-order valence-corrected chi connectivity index (χ0v) is 16.5. The lowest BCUT2D eigenvalue weighted by atomic mass is 10.1. The van der Waals surface area contributed by atoms with E-state index in [2.05, 4.69) is 0 Å². The van der Waals surface area contributed by atoms with Crippen molar-refractivity contribution in [3.8, 4) is 17.1 Å². The van der Waals surface area contributed by atoms with E-state index in [9.17, 15) is 9.59 Å². The minimum Gasteiger partial charge on any atom is -0.485 e. The normalized spacial score (nSPS) is 10.7. The molecule has 4 rings (SSSR count). The number of carbonyl (C=O) groups excluding carboxylic acids is 2. The van der Waals surface area contributed by atoms with Crippen LogP contribution in [0.15, 0.2) is 83.3 Å². The summed E-state index contributed by atoms with van der Waals surface area (Å²) in [4.78, 5) is 25.0. The van der Waals surface area contributed by atoms with Crippen LogP contribution in [0.5, 0.6) is 5.75 Å². The molecule has 0 aliphatic carbocycles. The Bertz CT molecular complexity index is 1180. The van der Waals surface area contributed by atoms with Crippen LogP contribution in [0.25, 0.3) is 22.3 Å². The maximum Gasteiger partial charge on any atom is 0.342 e. The average Bonchev–Trinajstić information content (AvgIpc) is 3.18. The van der Waals surface area contributed by atoms with Crippen LogP contribution in [0.1, 0.15) is 27.6 Å². The zero-order chi connectivity index (χ0) is 20.9. The van der Waals surface area contributed by atoms with E-state index in [1.54, 1.807) is 37.3 Å². The first-order chi connectivity index (χ1) is 14.7. The monoisotopic (exact) mass is 400 g/mol. The highest BCUT2D eigenvalue weighted by atomic mass is 16.5. The second-order valence-corrected chi connectivity index (χ2v) is 6.63. The van der Waals surface area contributed by atoms with Gasteiger partial charge >= 0.3 is 5.97 Å². The Morgan fingerprint density at radius 1 is 0.900 bits per heavy atom. The van der Waals surface area contributed by atoms with Crippen molar-refractivity contribution in [1.82, 2.24) is 0 Å². The van der Waals surface area contributed by atoms with Crippen LogP contribution in [0.3, 0.4) is 0 Å². The van der Waals surface area contributed by atoms with Crippen molar-refractivity contribution >= 4 is 22.7 Å². The van der Waals surface area contributed by atoms with E-state index in [4.69, 9.17) is 13.9 Å². The van der Waals surface area contributed by atoms with Gasteiger partial charge in [-0.15, -0.1) is 0 Å². The number of ether oxygens (including phenoxy) is 2. The van der Waals surface area contributed by atoms with Crippen molar-refractivity contribution in [2.45, 2.75) is 6.92 Å². The first kappa shape index (κ1) is 19.5. The number of hydrogen-bond acceptors (Lipinski definition) is 5. The van der Waals surface area contributed by atoms with Gasteiger partial charge in [-0.3, -0.25) is 4.79 Å². The molecule has 5 nitrogen and oxygen atoms in total. The SMILES string of the molecule is CCOC(=O)c1c(-c2ccccc2)oc2ccc(OCC(=O)c3ccccc3)cc12. The molecule has 3 aromatic carbocycles. The van der Waals surface area contributed by atoms with Crippen LogP contribution in [0.2, 0.25) is 0 Å². The number of furan rings is 1. The third kappa shape index (κ3) is 3.96. The zero-order valence-electron chi connectivity index (χ0n) is 16.5. The van der Waals surface area contributed by atoms with Gasteiger partial charge in [0.25, 0.3) is 0 Å². The molecular formula is C25H20O5. The van der Waals surface area contributed by atoms with Gasteiger partial charge in [-0.1, -0.05) is 60.7 Å². The quantitative estimate of drug-likeness (QED) is 0.301. The van der Waals surface area contributed by atoms with E-state index < -0.39 is 5.97 Å². The fourth-order valence-electron chi connectivity index (χ4n) is 3.22. The molecule has 0 bridgehead atoms. The molecule has 1 aromatic heterocycles. The molecule has 0 aliphatic heterocycles. The molecule has 0 atom stereocenters. The standard InChI is InChI=1S/C25H20O5/c1-2-28-25(27)23-20-15-19(29-16-21(26)17-9-5-3-6-10-17)13-14-22(20)30-24(23)18-11-7-4-8-12-18/h3-15H,2,16H2,1H3. The van der Waals surface area contributed by atoms with E-state index >= 15 is 0 Å². The van der Waals surface area contributed by atoms with Gasteiger partial charge in [-0.2, -0.15) is 0 Å². The number of rotatable bonds is 7. The van der Waals surface area contributed by atoms with Crippen molar-refractivity contribution in [2.75, 3.05) is 13.2 Å². The van der Waals surface area contributed by atoms with E-state index in [0.29, 0.717) is 33.6 Å². The van der Waals surface area contributed by atoms with Gasteiger partial charge in [-0.25, -0.2) is 4.79 Å². The molecule has 0 spiro atoms. The topological polar surface area (TPSA) is 65.7 Å². The Balaban J connectivity index is 1.68. The number of fused-ring (bicyclic) bond motifs is 1. The van der Waals surface area contributed by atoms with Crippen LogP contribution < -0.4 is 4.74 Å². The minimum absolute atomic E-state index is 0.104. The maximum atomic E-state index is 12.7. The Morgan fingerprint density at radius 2 is 1.60 bits per heavy atom. The summed E-state index contributed by atoms with van der Waals surface area (Å²) in [6.45, 7) is 1.90. The number of benzene rings is 3. The molecule has 0 radical (unpaired) electrons. The highest BCUT2D eigenvalue weighted by Gasteiger charge is 2.23. The van der Waals surface area contributed by atoms with Gasteiger partial charge < -0.3 is 13.9 Å². The lowest BCUT2D eigenvalue weighted by Crippen LogP contribution is -2.11. The summed E-state index contributed by atoms with van der Waals surface area (Å²) in [6, 6.07) is 23.5. The van der Waals surface area contributed by atoms with Crippen LogP contribution >= 0.6 is 0 Å². The number of carbonyl (C=O) groups is 2. The van der Waals surface area contributed by atoms with Gasteiger partial charge in [0.1, 0.15) is 22.7 Å². The van der Waals surface area contributed by atoms with Gasteiger partial charge in [0.15, 0.2) is 12.4 Å². The number of Topliss-reactive ketones (excluding diaryl/α,β-unsaturated/α-hetero) is 1. The molecule has 5 heteroatoms. The molecule has 150 valence electrons. The summed E-state index contributed by atoms with van der Waals surface area (Å²) in [5.41, 5.74) is 2.25. The molecule has 0 amide bonds. The van der Waals surface area contributed by atoms with Crippen LogP contribution in [-0.4, -0.2) is 25.0 Å². The molecule has 1 heterocycles. The van der Waals surface area contributed by atoms with Gasteiger partial charge in [0, 0.05) is 16.5 Å². The van der Waals surface area contributed by atoms with Gasteiger partial charge in [-0.05, 0) is 25.1 Å². The fourth-order valence-corrected chi connectivity index (χ4v) is 3.22. The molecular weight excluding hydrogens is 380 g/mol. The third-order valence-corrected chi connectivity index (χ3v) is 4.64. The van der Waals surface area contributed by atoms with Crippen molar-refractivity contribution in [3.05, 3.63) is 90.0 Å². The molecule has 4 aromatic rings. The molecule has 0 unspecified atom stereocenters. The Kier molecular flexibility index (Phi) is 5.61. The molecule has 0 saturated heterocycles. The molecule has 0 aliphatic rings. The van der Waals surface area contributed by atoms with Gasteiger partial charge in [0.2, 0.25) is 0 Å². The number of ketones is 1. The molecule has 0 fully saturated rings. The molecule has 0 N–H and O–H groups in total. The van der Waals surface area contributed by atoms with Crippen LogP contribution in [-0.2, 0) is 4.74 Å². The van der Waals surface area contributed by atoms with Crippen LogP contribution in [0.4, 0.5) is 0 Å². The molecule has 30 heavy (non-hydrogen) atoms. The summed E-state index contributed by atoms with van der Waals surface area (Å²) in [5.74, 6) is 0.324. The third-order valence-electron chi connectivity index (χ3n) is 4.64. The van der Waals surface area contributed by atoms with E-state index in [-0.39, 0.29) is 19.0 Å². The van der Waals surface area contributed by atoms with Crippen LogP contribution in [0, 0.1) is 0 Å². The molecule has 0 saturated carbocycles. The first-order valence-corrected chi connectivity index (χ1v) is 9.67. The first-order valence-electron chi connectivity index (χ1n) is 9.67.